The minimum atomic E-state index is -3.58. The molecule has 2 heterocycles. The highest BCUT2D eigenvalue weighted by atomic mass is 35.5. The second-order valence-electron chi connectivity index (χ2n) is 4.21. The van der Waals surface area contributed by atoms with E-state index in [2.05, 4.69) is 4.98 Å². The molecular formula is C10H12ClN3O3S. The molecule has 0 saturated carbocycles. The van der Waals surface area contributed by atoms with Gasteiger partial charge in [0.1, 0.15) is 0 Å². The molecule has 1 amide bonds. The zero-order chi connectivity index (χ0) is 13.3. The second kappa shape index (κ2) is 4.83. The number of rotatable bonds is 3. The maximum Gasteiger partial charge on any atom is 0.228 e. The van der Waals surface area contributed by atoms with Gasteiger partial charge < -0.3 is 0 Å². The molecule has 1 aliphatic heterocycles. The Bertz CT molecular complexity index is 575. The van der Waals surface area contributed by atoms with Gasteiger partial charge in [-0.05, 0) is 12.1 Å². The first-order valence-corrected chi connectivity index (χ1v) is 7.37. The first kappa shape index (κ1) is 13.3. The fourth-order valence-corrected chi connectivity index (χ4v) is 3.11. The van der Waals surface area contributed by atoms with E-state index in [1.807, 2.05) is 0 Å². The van der Waals surface area contributed by atoms with Crippen molar-refractivity contribution in [1.82, 2.24) is 4.98 Å². The van der Waals surface area contributed by atoms with Crippen LogP contribution in [0.3, 0.4) is 0 Å². The molecule has 0 aromatic carbocycles. The number of primary sulfonamides is 1. The normalized spacial score (nSPS) is 20.4. The smallest absolute Gasteiger partial charge is 0.228 e. The summed E-state index contributed by atoms with van der Waals surface area (Å²) in [4.78, 5) is 17.2. The summed E-state index contributed by atoms with van der Waals surface area (Å²) in [7, 11) is -3.58. The Morgan fingerprint density at radius 2 is 2.28 bits per heavy atom. The van der Waals surface area contributed by atoms with Crippen LogP contribution in [0.2, 0.25) is 5.02 Å². The number of pyridine rings is 1. The zero-order valence-electron chi connectivity index (χ0n) is 9.41. The van der Waals surface area contributed by atoms with Gasteiger partial charge in [-0.3, -0.25) is 9.69 Å². The molecule has 18 heavy (non-hydrogen) atoms. The van der Waals surface area contributed by atoms with E-state index in [1.54, 1.807) is 12.1 Å². The number of hydrogen-bond acceptors (Lipinski definition) is 4. The van der Waals surface area contributed by atoms with Crippen LogP contribution in [-0.4, -0.2) is 31.6 Å². The van der Waals surface area contributed by atoms with Crippen LogP contribution in [-0.2, 0) is 14.8 Å². The van der Waals surface area contributed by atoms with Crippen LogP contribution < -0.4 is 10.0 Å². The average Bonchev–Trinajstić information content (AvgIpc) is 2.57. The van der Waals surface area contributed by atoms with Crippen molar-refractivity contribution in [3.63, 3.8) is 0 Å². The van der Waals surface area contributed by atoms with Crippen LogP contribution in [0, 0.1) is 5.92 Å². The van der Waals surface area contributed by atoms with Crippen LogP contribution in [0.15, 0.2) is 18.3 Å². The van der Waals surface area contributed by atoms with Crippen molar-refractivity contribution in [1.29, 1.82) is 0 Å². The largest absolute Gasteiger partial charge is 0.295 e. The van der Waals surface area contributed by atoms with Crippen molar-refractivity contribution >= 4 is 33.3 Å². The maximum atomic E-state index is 11.8. The fraction of sp³-hybridized carbons (Fsp3) is 0.400. The monoisotopic (exact) mass is 289 g/mol. The van der Waals surface area contributed by atoms with Gasteiger partial charge in [-0.1, -0.05) is 11.6 Å². The van der Waals surface area contributed by atoms with Crippen molar-refractivity contribution < 1.29 is 13.2 Å². The Hall–Kier alpha value is -1.18. The quantitative estimate of drug-likeness (QED) is 0.870. The molecule has 2 rings (SSSR count). The van der Waals surface area contributed by atoms with Gasteiger partial charge in [-0.2, -0.15) is 0 Å². The highest BCUT2D eigenvalue weighted by molar-refractivity contribution is 7.89. The van der Waals surface area contributed by atoms with Crippen LogP contribution >= 0.6 is 11.6 Å². The summed E-state index contributed by atoms with van der Waals surface area (Å²) in [6, 6.07) is 3.29. The van der Waals surface area contributed by atoms with E-state index in [0.29, 0.717) is 10.8 Å². The number of nitrogens with two attached hydrogens (primary N) is 1. The number of nitrogens with zero attached hydrogens (tertiary/aromatic N) is 2. The summed E-state index contributed by atoms with van der Waals surface area (Å²) < 4.78 is 22.0. The Morgan fingerprint density at radius 3 is 2.89 bits per heavy atom. The summed E-state index contributed by atoms with van der Waals surface area (Å²) in [5, 5.41) is 5.34. The number of carbonyl (C=O) groups is 1. The van der Waals surface area contributed by atoms with Crippen molar-refractivity contribution in [2.45, 2.75) is 6.42 Å². The van der Waals surface area contributed by atoms with Gasteiger partial charge in [0.05, 0.1) is 10.8 Å². The van der Waals surface area contributed by atoms with E-state index in [0.717, 1.165) is 0 Å². The van der Waals surface area contributed by atoms with E-state index in [-0.39, 0.29) is 30.5 Å². The van der Waals surface area contributed by atoms with E-state index in [9.17, 15) is 13.2 Å². The molecule has 8 heteroatoms. The number of sulfonamides is 1. The number of halogens is 1. The molecule has 0 spiro atoms. The van der Waals surface area contributed by atoms with Gasteiger partial charge >= 0.3 is 0 Å². The van der Waals surface area contributed by atoms with Crippen molar-refractivity contribution in [2.24, 2.45) is 11.1 Å². The predicted octanol–water partition coefficient (Wildman–Crippen LogP) is 0.376. The van der Waals surface area contributed by atoms with Gasteiger partial charge in [0.15, 0.2) is 5.82 Å². The van der Waals surface area contributed by atoms with E-state index in [4.69, 9.17) is 16.7 Å². The number of amides is 1. The van der Waals surface area contributed by atoms with Gasteiger partial charge in [0, 0.05) is 25.1 Å². The minimum absolute atomic E-state index is 0.142. The van der Waals surface area contributed by atoms with Crippen molar-refractivity contribution in [2.75, 3.05) is 17.2 Å². The number of anilines is 1. The summed E-state index contributed by atoms with van der Waals surface area (Å²) >= 11 is 5.95. The fourth-order valence-electron chi connectivity index (χ4n) is 2.00. The lowest BCUT2D eigenvalue weighted by Gasteiger charge is -2.16. The highest BCUT2D eigenvalue weighted by Gasteiger charge is 2.34. The Labute approximate surface area is 110 Å². The lowest BCUT2D eigenvalue weighted by Crippen LogP contribution is -2.28. The molecule has 1 fully saturated rings. The highest BCUT2D eigenvalue weighted by Crippen LogP contribution is 2.29. The third-order valence-electron chi connectivity index (χ3n) is 2.67. The molecule has 98 valence electrons. The number of carbonyl (C=O) groups excluding carboxylic acids is 1. The Morgan fingerprint density at radius 1 is 1.56 bits per heavy atom. The zero-order valence-corrected chi connectivity index (χ0v) is 11.0. The van der Waals surface area contributed by atoms with Gasteiger partial charge in [-0.15, -0.1) is 0 Å². The van der Waals surface area contributed by atoms with Gasteiger partial charge in [0.25, 0.3) is 0 Å². The first-order valence-electron chi connectivity index (χ1n) is 5.28. The SMILES string of the molecule is NS(=O)(=O)CC1CC(=O)N(c2ncccc2Cl)C1. The molecule has 1 saturated heterocycles. The minimum Gasteiger partial charge on any atom is -0.295 e. The Kier molecular flexibility index (Phi) is 3.56. The molecule has 0 bridgehead atoms. The lowest BCUT2D eigenvalue weighted by atomic mass is 10.1. The third-order valence-corrected chi connectivity index (χ3v) is 3.90. The average molecular weight is 290 g/mol. The molecule has 1 aliphatic rings. The topological polar surface area (TPSA) is 93.4 Å². The Balaban J connectivity index is 2.18. The third kappa shape index (κ3) is 2.98. The summed E-state index contributed by atoms with van der Waals surface area (Å²) in [5.41, 5.74) is 0. The van der Waals surface area contributed by atoms with Gasteiger partial charge in [-0.25, -0.2) is 18.5 Å². The molecule has 1 atom stereocenters. The molecular weight excluding hydrogens is 278 g/mol. The molecule has 1 unspecified atom stereocenters. The predicted molar refractivity (Wildman–Crippen MR) is 67.7 cm³/mol. The number of hydrogen-bond donors (Lipinski definition) is 1. The second-order valence-corrected chi connectivity index (χ2v) is 6.28. The van der Waals surface area contributed by atoms with Crippen LogP contribution in [0.1, 0.15) is 6.42 Å². The van der Waals surface area contributed by atoms with Crippen molar-refractivity contribution in [3.8, 4) is 0 Å². The standard InChI is InChI=1S/C10H12ClN3O3S/c11-8-2-1-3-13-10(8)14-5-7(4-9(14)15)6-18(12,16)17/h1-3,7H,4-6H2,(H2,12,16,17). The molecule has 1 aromatic heterocycles. The molecule has 0 radical (unpaired) electrons. The summed E-state index contributed by atoms with van der Waals surface area (Å²) in [6.45, 7) is 0.270. The van der Waals surface area contributed by atoms with E-state index < -0.39 is 10.0 Å². The van der Waals surface area contributed by atoms with Crippen LogP contribution in [0.5, 0.6) is 0 Å². The van der Waals surface area contributed by atoms with Crippen molar-refractivity contribution in [3.05, 3.63) is 23.4 Å². The van der Waals surface area contributed by atoms with Crippen LogP contribution in [0.25, 0.3) is 0 Å². The van der Waals surface area contributed by atoms with Gasteiger partial charge in [0.2, 0.25) is 15.9 Å². The first-order chi connectivity index (χ1) is 8.37. The molecule has 6 nitrogen and oxygen atoms in total. The summed E-state index contributed by atoms with van der Waals surface area (Å²) in [6.07, 6.45) is 1.67. The van der Waals surface area contributed by atoms with Crippen LogP contribution in [0.4, 0.5) is 5.82 Å². The lowest BCUT2D eigenvalue weighted by molar-refractivity contribution is -0.117. The molecule has 1 aromatic rings. The molecule has 2 N–H and O–H groups in total. The van der Waals surface area contributed by atoms with E-state index >= 15 is 0 Å². The van der Waals surface area contributed by atoms with E-state index in [1.165, 1.54) is 11.1 Å². The number of aromatic nitrogens is 1. The maximum absolute atomic E-state index is 11.8. The molecule has 0 aliphatic carbocycles. The summed E-state index contributed by atoms with van der Waals surface area (Å²) in [5.74, 6) is -0.351.